The van der Waals surface area contributed by atoms with E-state index in [2.05, 4.69) is 58.9 Å². The molecule has 11 amide bonds. The van der Waals surface area contributed by atoms with Crippen LogP contribution in [0.2, 0.25) is 0 Å². The van der Waals surface area contributed by atoms with Crippen LogP contribution in [0, 0.1) is 17.8 Å². The largest absolute Gasteiger partial charge is 0.508 e. The van der Waals surface area contributed by atoms with Gasteiger partial charge in [0.1, 0.15) is 71.9 Å². The van der Waals surface area contributed by atoms with Gasteiger partial charge in [-0.15, -0.1) is 0 Å². The number of hydrogen-bond donors (Lipinski definition) is 18. The number of aliphatic carboxylic acids is 4. The number of hydrogen-bond acceptors (Lipinski definition) is 18. The Balaban J connectivity index is 1.62. The lowest BCUT2D eigenvalue weighted by atomic mass is 9.98. The molecule has 1 heterocycles. The number of rotatable bonds is 42. The summed E-state index contributed by atoms with van der Waals surface area (Å²) in [6, 6.07) is 1.15. The topological polar surface area (TPSA) is 549 Å². The van der Waals surface area contributed by atoms with Gasteiger partial charge in [-0.2, -0.15) is 0 Å². The Hall–Kier alpha value is -10.8. The van der Waals surface area contributed by atoms with E-state index >= 15 is 0 Å². The van der Waals surface area contributed by atoms with E-state index in [1.807, 2.05) is 6.92 Å². The van der Waals surface area contributed by atoms with Crippen LogP contribution in [0.1, 0.15) is 123 Å². The fourth-order valence-corrected chi connectivity index (χ4v) is 11.0. The van der Waals surface area contributed by atoms with Gasteiger partial charge in [0.05, 0.1) is 25.5 Å². The van der Waals surface area contributed by atoms with E-state index in [0.29, 0.717) is 29.5 Å². The van der Waals surface area contributed by atoms with Gasteiger partial charge in [0.25, 0.3) is 5.91 Å². The highest BCUT2D eigenvalue weighted by atomic mass is 16.4. The molecule has 0 aliphatic carbocycles. The molecule has 0 bridgehead atoms. The molecule has 1 aliphatic rings. The van der Waals surface area contributed by atoms with Crippen molar-refractivity contribution >= 4 is 88.9 Å². The third-order valence-electron chi connectivity index (χ3n) is 16.9. The van der Waals surface area contributed by atoms with Gasteiger partial charge in [-0.1, -0.05) is 96.1 Å². The predicted octanol–water partition coefficient (Wildman–Crippen LogP) is -2.38. The van der Waals surface area contributed by atoms with Crippen LogP contribution in [0.25, 0.3) is 0 Å². The average molecular weight is 1450 g/mol. The van der Waals surface area contributed by atoms with E-state index in [1.165, 1.54) is 55.5 Å². The highest BCUT2D eigenvalue weighted by Gasteiger charge is 2.40. The van der Waals surface area contributed by atoms with Gasteiger partial charge in [-0.05, 0) is 98.2 Å². The number of carbonyl (C=O) groups excluding carboxylic acids is 11. The van der Waals surface area contributed by atoms with E-state index in [4.69, 9.17) is 0 Å². The van der Waals surface area contributed by atoms with Gasteiger partial charge in [0, 0.05) is 38.1 Å². The van der Waals surface area contributed by atoms with Crippen molar-refractivity contribution in [2.24, 2.45) is 17.8 Å². The number of carboxylic acid groups (broad SMARTS) is 4. The Labute approximate surface area is 594 Å². The number of phenols is 2. The Kier molecular flexibility index (Phi) is 33.9. The van der Waals surface area contributed by atoms with Crippen LogP contribution < -0.4 is 58.9 Å². The summed E-state index contributed by atoms with van der Waals surface area (Å²) in [6.07, 6.45) is -5.57. The highest BCUT2D eigenvalue weighted by Crippen LogP contribution is 2.20. The summed E-state index contributed by atoms with van der Waals surface area (Å²) >= 11 is 0. The number of nitrogens with one attached hydrogen (secondary N) is 10. The van der Waals surface area contributed by atoms with E-state index < -0.39 is 212 Å². The van der Waals surface area contributed by atoms with E-state index in [9.17, 15) is 108 Å². The highest BCUT2D eigenvalue weighted by molar-refractivity contribution is 6.00. The lowest BCUT2D eigenvalue weighted by Crippen LogP contribution is -2.72. The average Bonchev–Trinajstić information content (AvgIpc) is 0.998. The van der Waals surface area contributed by atoms with Crippen molar-refractivity contribution in [1.29, 1.82) is 0 Å². The molecular formula is C69H97N12O22+. The number of amides is 11. The molecule has 0 saturated carbocycles. The molecule has 1 saturated heterocycles. The smallest absolute Gasteiger partial charge is 0.326 e. The number of likely N-dealkylation sites (tertiary alicyclic amines) is 1. The fourth-order valence-electron chi connectivity index (χ4n) is 11.0. The van der Waals surface area contributed by atoms with Crippen molar-refractivity contribution in [1.82, 2.24) is 58.1 Å². The van der Waals surface area contributed by atoms with Crippen LogP contribution in [0.3, 0.4) is 0 Å². The van der Waals surface area contributed by atoms with Crippen molar-refractivity contribution in [2.45, 2.75) is 198 Å². The molecule has 1 aliphatic heterocycles. The van der Waals surface area contributed by atoms with Crippen molar-refractivity contribution < 1.29 is 113 Å². The van der Waals surface area contributed by atoms with E-state index in [1.54, 1.807) is 65.0 Å². The molecule has 564 valence electrons. The van der Waals surface area contributed by atoms with Crippen molar-refractivity contribution in [2.75, 3.05) is 13.1 Å². The number of aromatic hydroxyl groups is 2. The summed E-state index contributed by atoms with van der Waals surface area (Å²) in [4.78, 5) is 205. The number of quaternary nitrogens is 1. The zero-order valence-electron chi connectivity index (χ0n) is 58.5. The molecule has 0 unspecified atom stereocenters. The summed E-state index contributed by atoms with van der Waals surface area (Å²) < 4.78 is 0. The van der Waals surface area contributed by atoms with Crippen LogP contribution in [-0.2, 0) is 91.2 Å². The number of phenolic OH excluding ortho intramolecular Hbond substituents is 2. The number of benzene rings is 3. The number of nitrogens with zero attached hydrogens (tertiary/aromatic N) is 1. The van der Waals surface area contributed by atoms with Gasteiger partial charge in [0.2, 0.25) is 59.1 Å². The predicted molar refractivity (Wildman–Crippen MR) is 365 cm³/mol. The minimum atomic E-state index is -2.07. The number of carbonyl (C=O) groups is 15. The third kappa shape index (κ3) is 28.6. The molecule has 103 heavy (non-hydrogen) atoms. The number of aliphatic hydroxyl groups is 1. The van der Waals surface area contributed by atoms with Crippen LogP contribution in [0.15, 0.2) is 78.9 Å². The van der Waals surface area contributed by atoms with E-state index in [-0.39, 0.29) is 56.1 Å². The van der Waals surface area contributed by atoms with Crippen molar-refractivity contribution in [3.05, 3.63) is 95.6 Å². The summed E-state index contributed by atoms with van der Waals surface area (Å²) in [5.74, 6) is -19.1. The van der Waals surface area contributed by atoms with Crippen LogP contribution in [-0.4, -0.2) is 215 Å². The first-order chi connectivity index (χ1) is 48.5. The molecule has 0 aromatic heterocycles. The number of aliphatic hydroxyl groups excluding tert-OH is 1. The van der Waals surface area contributed by atoms with Crippen LogP contribution in [0.4, 0.5) is 0 Å². The molecule has 0 radical (unpaired) electrons. The van der Waals surface area contributed by atoms with E-state index in [0.717, 1.165) is 4.90 Å². The Bertz CT molecular complexity index is 3470. The minimum absolute atomic E-state index is 0.104. The van der Waals surface area contributed by atoms with Gasteiger partial charge >= 0.3 is 23.9 Å². The first kappa shape index (κ1) is 84.6. The zero-order chi connectivity index (χ0) is 76.9. The molecule has 4 rings (SSSR count). The second-order valence-electron chi connectivity index (χ2n) is 26.3. The molecule has 34 nitrogen and oxygen atoms in total. The molecule has 20 N–H and O–H groups in total. The first-order valence-corrected chi connectivity index (χ1v) is 33.8. The standard InChI is InChI=1S/C69H96N12O22/c1-8-37(6)57(70)67(100)80-58(38(7)82)68(101)79-49(29-39-13-10-9-11-14-39)63(96)72-44(24-25-54(86)87)60(93)77-50(32-55(88)89)65(98)74-45(27-35(2)3)61(94)73-46(28-36(4)5)62(95)78-51(33-56(90)91)66(99)76-48(31-41-18-22-43(84)23-19-41)64(97)75-47(30-40-16-20-42(83)21-17-40)59(92)71-34-53(85)81-26-12-15-52(81)69(102)103/h9-11,13-14,16-23,35-38,44-52,57-58,82-84H,8,12,15,24-34,70H2,1-7H3,(H,71,92)(H,72,96)(H,73,94)(H,74,98)(H,75,97)(H,76,99)(H,77,93)(H,78,95)(H,79,101)(H,80,100)(H,86,87)(H,88,89)(H,90,91)(H,102,103)/p+1/t37-,38+,44-,45-,46-,47-,48-,49-,50-,51-,52-,57-,58-/m0/s1. The zero-order valence-corrected chi connectivity index (χ0v) is 58.5. The number of carboxylic acids is 4. The Morgan fingerprint density at radius 3 is 1.25 bits per heavy atom. The third-order valence-corrected chi connectivity index (χ3v) is 16.9. The molecule has 3 aromatic carbocycles. The lowest BCUT2D eigenvalue weighted by molar-refractivity contribution is -0.415. The van der Waals surface area contributed by atoms with Gasteiger partial charge in [-0.3, -0.25) is 67.1 Å². The first-order valence-electron chi connectivity index (χ1n) is 33.8. The normalized spacial score (nSPS) is 16.1. The SMILES string of the molecule is CC[C@H](C)[C@H]([NH3+])C(=O)N[C@H](C(=O)N[C@@H](Cc1ccccc1)C(=O)N[C@@H](CCC(=O)O)C(=O)N[C@@H](CC(=O)O)C(=O)N[C@@H](CC(C)C)C(=O)N[C@@H](CC(C)C)C(=O)N[C@@H](CC(=O)O)C(=O)N[C@@H](Cc1ccc(O)cc1)C(=O)N[C@@H](Cc1ccc(O)cc1)C(=O)NCC(=O)N1CCC[C@H]1C(=O)O)[C@@H](C)O. The van der Waals surface area contributed by atoms with Gasteiger partial charge in [0.15, 0.2) is 6.04 Å². The molecule has 0 spiro atoms. The molecule has 1 fully saturated rings. The Morgan fingerprint density at radius 2 is 0.845 bits per heavy atom. The van der Waals surface area contributed by atoms with Crippen molar-refractivity contribution in [3.8, 4) is 11.5 Å². The molecular weight excluding hydrogens is 1350 g/mol. The monoisotopic (exact) mass is 1450 g/mol. The maximum atomic E-state index is 14.5. The second-order valence-corrected chi connectivity index (χ2v) is 26.3. The summed E-state index contributed by atoms with van der Waals surface area (Å²) in [6.45, 7) is 10.7. The van der Waals surface area contributed by atoms with Crippen LogP contribution in [0.5, 0.6) is 11.5 Å². The van der Waals surface area contributed by atoms with Crippen LogP contribution >= 0.6 is 0 Å². The Morgan fingerprint density at radius 1 is 0.466 bits per heavy atom. The minimum Gasteiger partial charge on any atom is -0.508 e. The maximum Gasteiger partial charge on any atom is 0.326 e. The molecule has 3 aromatic rings. The lowest BCUT2D eigenvalue weighted by Gasteiger charge is -2.29. The summed E-state index contributed by atoms with van der Waals surface area (Å²) in [5, 5.41) is 94.4. The fraction of sp³-hybridized carbons (Fsp3) is 0.522. The second kappa shape index (κ2) is 41.2. The summed E-state index contributed by atoms with van der Waals surface area (Å²) in [7, 11) is 0. The quantitative estimate of drug-likeness (QED) is 0.0282. The molecule has 13 atom stereocenters. The maximum absolute atomic E-state index is 14.5. The van der Waals surface area contributed by atoms with Gasteiger partial charge in [-0.25, -0.2) is 4.79 Å². The molecule has 34 heteroatoms. The van der Waals surface area contributed by atoms with Crippen molar-refractivity contribution in [3.63, 3.8) is 0 Å². The summed E-state index contributed by atoms with van der Waals surface area (Å²) in [5.41, 5.74) is 5.00. The van der Waals surface area contributed by atoms with Gasteiger partial charge < -0.3 is 99.5 Å².